The number of benzene rings is 1. The van der Waals surface area contributed by atoms with Crippen LogP contribution in [0.3, 0.4) is 0 Å². The number of carboxylic acid groups (broad SMARTS) is 1. The molecule has 0 saturated carbocycles. The van der Waals surface area contributed by atoms with E-state index in [0.29, 0.717) is 0 Å². The summed E-state index contributed by atoms with van der Waals surface area (Å²) in [5.74, 6) is -1.69. The second kappa shape index (κ2) is 5.79. The monoisotopic (exact) mass is 325 g/mol. The molecule has 0 bridgehead atoms. The first-order valence-corrected chi connectivity index (χ1v) is 6.10. The van der Waals surface area contributed by atoms with Crippen molar-refractivity contribution < 1.29 is 19.0 Å². The van der Waals surface area contributed by atoms with E-state index >= 15 is 0 Å². The van der Waals surface area contributed by atoms with E-state index in [0.717, 1.165) is 22.2 Å². The maximum absolute atomic E-state index is 13.2. The molecule has 0 fully saturated rings. The molecule has 0 aliphatic heterocycles. The van der Waals surface area contributed by atoms with Crippen LogP contribution in [0.5, 0.6) is 5.75 Å². The predicted molar refractivity (Wildman–Crippen MR) is 69.6 cm³/mol. The average Bonchev–Trinajstić information content (AvgIpc) is 2.36. The maximum Gasteiger partial charge on any atom is 0.335 e. The van der Waals surface area contributed by atoms with Crippen molar-refractivity contribution in [3.05, 3.63) is 58.1 Å². The Morgan fingerprint density at radius 3 is 2.79 bits per heavy atom. The summed E-state index contributed by atoms with van der Waals surface area (Å²) in [6.45, 7) is 0.176. The second-order valence-corrected chi connectivity index (χ2v) is 4.70. The van der Waals surface area contributed by atoms with E-state index < -0.39 is 11.8 Å². The molecule has 0 saturated heterocycles. The maximum atomic E-state index is 13.2. The molecule has 0 amide bonds. The molecule has 0 aliphatic carbocycles. The number of hydrogen-bond acceptors (Lipinski definition) is 3. The molecule has 6 heteroatoms. The number of rotatable bonds is 4. The molecule has 4 nitrogen and oxygen atoms in total. The van der Waals surface area contributed by atoms with Gasteiger partial charge in [-0.15, -0.1) is 0 Å². The van der Waals surface area contributed by atoms with E-state index in [4.69, 9.17) is 9.84 Å². The highest BCUT2D eigenvalue weighted by atomic mass is 79.9. The minimum absolute atomic E-state index is 0.151. The van der Waals surface area contributed by atoms with Gasteiger partial charge in [-0.3, -0.25) is 4.98 Å². The van der Waals surface area contributed by atoms with Crippen LogP contribution in [0.1, 0.15) is 15.9 Å². The van der Waals surface area contributed by atoms with Gasteiger partial charge in [0, 0.05) is 28.5 Å². The minimum atomic E-state index is -1.20. The van der Waals surface area contributed by atoms with Gasteiger partial charge in [0.25, 0.3) is 0 Å². The van der Waals surface area contributed by atoms with Gasteiger partial charge in [-0.25, -0.2) is 9.18 Å². The van der Waals surface area contributed by atoms with E-state index in [2.05, 4.69) is 20.9 Å². The van der Waals surface area contributed by atoms with Crippen LogP contribution in [0.2, 0.25) is 0 Å². The normalized spacial score (nSPS) is 10.2. The lowest BCUT2D eigenvalue weighted by Crippen LogP contribution is -2.01. The summed E-state index contributed by atoms with van der Waals surface area (Å²) in [5, 5.41) is 8.82. The fraction of sp³-hybridized carbons (Fsp3) is 0.0769. The molecule has 1 heterocycles. The number of carbonyl (C=O) groups is 1. The Labute approximate surface area is 117 Å². The summed E-state index contributed by atoms with van der Waals surface area (Å²) < 4.78 is 19.4. The van der Waals surface area contributed by atoms with Crippen molar-refractivity contribution in [1.82, 2.24) is 4.98 Å². The van der Waals surface area contributed by atoms with E-state index in [9.17, 15) is 9.18 Å². The third-order valence-electron chi connectivity index (χ3n) is 2.29. The topological polar surface area (TPSA) is 59.4 Å². The smallest absolute Gasteiger partial charge is 0.335 e. The highest BCUT2D eigenvalue weighted by Crippen LogP contribution is 2.18. The van der Waals surface area contributed by atoms with Crippen molar-refractivity contribution in [3.63, 3.8) is 0 Å². The number of ether oxygens (including phenoxy) is 1. The third-order valence-corrected chi connectivity index (χ3v) is 2.72. The molecular weight excluding hydrogens is 317 g/mol. The number of aromatic nitrogens is 1. The van der Waals surface area contributed by atoms with E-state index in [1.807, 2.05) is 6.07 Å². The quantitative estimate of drug-likeness (QED) is 0.937. The van der Waals surface area contributed by atoms with Gasteiger partial charge in [0.1, 0.15) is 18.2 Å². The molecule has 1 aromatic heterocycles. The molecule has 0 radical (unpaired) electrons. The summed E-state index contributed by atoms with van der Waals surface area (Å²) in [4.78, 5) is 14.8. The zero-order valence-corrected chi connectivity index (χ0v) is 11.2. The van der Waals surface area contributed by atoms with Crippen LogP contribution in [-0.4, -0.2) is 16.1 Å². The van der Waals surface area contributed by atoms with Gasteiger partial charge in [-0.2, -0.15) is 0 Å². The van der Waals surface area contributed by atoms with E-state index in [1.54, 1.807) is 12.4 Å². The Kier molecular flexibility index (Phi) is 4.11. The van der Waals surface area contributed by atoms with Gasteiger partial charge >= 0.3 is 5.97 Å². The van der Waals surface area contributed by atoms with Gasteiger partial charge in [0.15, 0.2) is 0 Å². The Hall–Kier alpha value is -1.95. The Bertz CT molecular complexity index is 619. The van der Waals surface area contributed by atoms with Gasteiger partial charge in [0.2, 0.25) is 0 Å². The molecule has 19 heavy (non-hydrogen) atoms. The lowest BCUT2D eigenvalue weighted by Gasteiger charge is -2.07. The molecule has 0 unspecified atom stereocenters. The number of nitrogens with zero attached hydrogens (tertiary/aromatic N) is 1. The first-order valence-electron chi connectivity index (χ1n) is 5.31. The van der Waals surface area contributed by atoms with Gasteiger partial charge in [0.05, 0.1) is 5.56 Å². The predicted octanol–water partition coefficient (Wildman–Crippen LogP) is 3.26. The summed E-state index contributed by atoms with van der Waals surface area (Å²) >= 11 is 3.27. The van der Waals surface area contributed by atoms with Crippen molar-refractivity contribution in [2.45, 2.75) is 6.61 Å². The van der Waals surface area contributed by atoms with Crippen molar-refractivity contribution in [2.24, 2.45) is 0 Å². The van der Waals surface area contributed by atoms with Crippen LogP contribution in [-0.2, 0) is 6.61 Å². The molecule has 98 valence electrons. The number of hydrogen-bond donors (Lipinski definition) is 1. The van der Waals surface area contributed by atoms with Crippen molar-refractivity contribution in [2.75, 3.05) is 0 Å². The molecule has 1 aromatic carbocycles. The highest BCUT2D eigenvalue weighted by molar-refractivity contribution is 9.10. The Morgan fingerprint density at radius 1 is 1.32 bits per heavy atom. The Morgan fingerprint density at radius 2 is 2.11 bits per heavy atom. The zero-order chi connectivity index (χ0) is 13.8. The molecule has 1 N–H and O–H groups in total. The molecule has 2 rings (SSSR count). The zero-order valence-electron chi connectivity index (χ0n) is 9.64. The first-order chi connectivity index (χ1) is 9.04. The summed E-state index contributed by atoms with van der Waals surface area (Å²) in [6, 6.07) is 5.16. The van der Waals surface area contributed by atoms with Crippen LogP contribution >= 0.6 is 15.9 Å². The lowest BCUT2D eigenvalue weighted by molar-refractivity contribution is 0.0695. The average molecular weight is 326 g/mol. The SMILES string of the molecule is O=C(O)c1cc(F)cc(OCc2cncc(Br)c2)c1. The summed E-state index contributed by atoms with van der Waals surface area (Å²) in [5.41, 5.74) is 0.637. The van der Waals surface area contributed by atoms with Crippen LogP contribution in [0, 0.1) is 5.82 Å². The lowest BCUT2D eigenvalue weighted by atomic mass is 10.2. The third kappa shape index (κ3) is 3.75. The van der Waals surface area contributed by atoms with Gasteiger partial charge in [-0.05, 0) is 34.1 Å². The number of carboxylic acids is 1. The largest absolute Gasteiger partial charge is 0.489 e. The van der Waals surface area contributed by atoms with Crippen molar-refractivity contribution >= 4 is 21.9 Å². The fourth-order valence-corrected chi connectivity index (χ4v) is 1.88. The van der Waals surface area contributed by atoms with Crippen LogP contribution < -0.4 is 4.74 Å². The van der Waals surface area contributed by atoms with Gasteiger partial charge < -0.3 is 9.84 Å². The van der Waals surface area contributed by atoms with E-state index in [-0.39, 0.29) is 17.9 Å². The van der Waals surface area contributed by atoms with E-state index in [1.165, 1.54) is 6.07 Å². The first kappa shape index (κ1) is 13.5. The highest BCUT2D eigenvalue weighted by Gasteiger charge is 2.08. The molecule has 0 aliphatic rings. The van der Waals surface area contributed by atoms with Crippen LogP contribution in [0.15, 0.2) is 41.1 Å². The number of pyridine rings is 1. The molecular formula is C13H9BrFNO3. The second-order valence-electron chi connectivity index (χ2n) is 3.78. The van der Waals surface area contributed by atoms with Crippen LogP contribution in [0.25, 0.3) is 0 Å². The van der Waals surface area contributed by atoms with Gasteiger partial charge in [-0.1, -0.05) is 0 Å². The van der Waals surface area contributed by atoms with Crippen molar-refractivity contribution in [3.8, 4) is 5.75 Å². The Balaban J connectivity index is 2.13. The standard InChI is InChI=1S/C13H9BrFNO3/c14-10-1-8(5-16-6-10)7-19-12-3-9(13(17)18)2-11(15)4-12/h1-6H,7H2,(H,17,18). The number of aromatic carboxylic acids is 1. The molecule has 0 atom stereocenters. The molecule has 0 spiro atoms. The summed E-state index contributed by atoms with van der Waals surface area (Å²) in [6.07, 6.45) is 3.25. The fourth-order valence-electron chi connectivity index (χ4n) is 1.47. The van der Waals surface area contributed by atoms with Crippen LogP contribution in [0.4, 0.5) is 4.39 Å². The number of halogens is 2. The molecule has 2 aromatic rings. The van der Waals surface area contributed by atoms with Crippen molar-refractivity contribution in [1.29, 1.82) is 0 Å². The summed E-state index contributed by atoms with van der Waals surface area (Å²) in [7, 11) is 0. The minimum Gasteiger partial charge on any atom is -0.489 e.